The molecule has 19 heavy (non-hydrogen) atoms. The van der Waals surface area contributed by atoms with E-state index in [2.05, 4.69) is 9.55 Å². The highest BCUT2D eigenvalue weighted by Crippen LogP contribution is 2.36. The Morgan fingerprint density at radius 3 is 2.79 bits per heavy atom. The molecule has 0 spiro atoms. The van der Waals surface area contributed by atoms with E-state index in [1.807, 2.05) is 6.07 Å². The number of aromatic nitrogens is 2. The summed E-state index contributed by atoms with van der Waals surface area (Å²) in [6.45, 7) is 0. The Bertz CT molecular complexity index is 629. The summed E-state index contributed by atoms with van der Waals surface area (Å²) < 4.78 is 7.21. The normalized spacial score (nSPS) is 16.1. The fourth-order valence-electron chi connectivity index (χ4n) is 2.82. The average molecular weight is 261 g/mol. The second kappa shape index (κ2) is 4.53. The summed E-state index contributed by atoms with van der Waals surface area (Å²) in [5.74, 6) is 0.499. The van der Waals surface area contributed by atoms with E-state index in [-0.39, 0.29) is 5.69 Å². The first-order valence-corrected chi connectivity index (χ1v) is 6.39. The molecule has 1 fully saturated rings. The minimum Gasteiger partial charge on any atom is -0.496 e. The van der Waals surface area contributed by atoms with Gasteiger partial charge in [0.15, 0.2) is 5.52 Å². The van der Waals surface area contributed by atoms with Crippen LogP contribution < -0.4 is 4.74 Å². The molecule has 0 atom stereocenters. The lowest BCUT2D eigenvalue weighted by Gasteiger charge is -2.12. The van der Waals surface area contributed by atoms with Gasteiger partial charge in [-0.3, -0.25) is 10.1 Å². The van der Waals surface area contributed by atoms with E-state index >= 15 is 0 Å². The summed E-state index contributed by atoms with van der Waals surface area (Å²) in [4.78, 5) is 14.9. The van der Waals surface area contributed by atoms with Crippen LogP contribution in [-0.4, -0.2) is 21.6 Å². The van der Waals surface area contributed by atoms with Gasteiger partial charge >= 0.3 is 5.69 Å². The molecule has 1 saturated carbocycles. The second-order valence-corrected chi connectivity index (χ2v) is 4.86. The van der Waals surface area contributed by atoms with Gasteiger partial charge in [-0.2, -0.15) is 0 Å². The Morgan fingerprint density at radius 2 is 2.16 bits per heavy atom. The summed E-state index contributed by atoms with van der Waals surface area (Å²) in [5, 5.41) is 11.1. The van der Waals surface area contributed by atoms with Gasteiger partial charge in [0.25, 0.3) is 0 Å². The van der Waals surface area contributed by atoms with Crippen molar-refractivity contribution in [2.75, 3.05) is 7.11 Å². The zero-order valence-corrected chi connectivity index (χ0v) is 10.7. The maximum atomic E-state index is 11.1. The number of hydrogen-bond donors (Lipinski definition) is 0. The molecule has 100 valence electrons. The molecule has 1 heterocycles. The number of nitrogens with zero attached hydrogens (tertiary/aromatic N) is 3. The number of imidazole rings is 1. The van der Waals surface area contributed by atoms with Crippen molar-refractivity contribution in [2.24, 2.45) is 0 Å². The topological polar surface area (TPSA) is 70.2 Å². The van der Waals surface area contributed by atoms with Crippen molar-refractivity contribution >= 4 is 16.7 Å². The Morgan fingerprint density at radius 1 is 1.42 bits per heavy atom. The van der Waals surface area contributed by atoms with Crippen LogP contribution in [0.2, 0.25) is 0 Å². The van der Waals surface area contributed by atoms with Crippen molar-refractivity contribution in [1.82, 2.24) is 9.55 Å². The maximum absolute atomic E-state index is 11.1. The molecule has 1 aliphatic carbocycles. The van der Waals surface area contributed by atoms with E-state index in [0.29, 0.717) is 17.3 Å². The molecule has 6 nitrogen and oxygen atoms in total. The van der Waals surface area contributed by atoms with Gasteiger partial charge in [-0.25, -0.2) is 4.98 Å². The first kappa shape index (κ1) is 12.0. The Balaban J connectivity index is 2.20. The number of rotatable bonds is 3. The predicted molar refractivity (Wildman–Crippen MR) is 70.4 cm³/mol. The lowest BCUT2D eigenvalue weighted by Crippen LogP contribution is -2.03. The number of hydrogen-bond acceptors (Lipinski definition) is 4. The van der Waals surface area contributed by atoms with Crippen LogP contribution in [0.15, 0.2) is 18.5 Å². The van der Waals surface area contributed by atoms with E-state index < -0.39 is 4.92 Å². The molecule has 0 aliphatic heterocycles. The second-order valence-electron chi connectivity index (χ2n) is 4.86. The number of methoxy groups -OCH3 is 1. The molecule has 2 aromatic rings. The van der Waals surface area contributed by atoms with E-state index in [4.69, 9.17) is 4.74 Å². The van der Waals surface area contributed by atoms with Gasteiger partial charge in [0.1, 0.15) is 5.75 Å². The summed E-state index contributed by atoms with van der Waals surface area (Å²) >= 11 is 0. The largest absolute Gasteiger partial charge is 0.496 e. The van der Waals surface area contributed by atoms with Crippen molar-refractivity contribution in [2.45, 2.75) is 31.7 Å². The van der Waals surface area contributed by atoms with Crippen molar-refractivity contribution in [3.63, 3.8) is 0 Å². The highest BCUT2D eigenvalue weighted by atomic mass is 16.6. The van der Waals surface area contributed by atoms with Crippen LogP contribution in [0, 0.1) is 10.1 Å². The first-order chi connectivity index (χ1) is 9.20. The van der Waals surface area contributed by atoms with Gasteiger partial charge in [-0.1, -0.05) is 12.8 Å². The van der Waals surface area contributed by atoms with Crippen LogP contribution in [0.1, 0.15) is 31.7 Å². The van der Waals surface area contributed by atoms with Crippen LogP contribution in [0.3, 0.4) is 0 Å². The van der Waals surface area contributed by atoms with Crippen LogP contribution in [0.5, 0.6) is 5.75 Å². The van der Waals surface area contributed by atoms with E-state index in [0.717, 1.165) is 18.4 Å². The summed E-state index contributed by atoms with van der Waals surface area (Å²) in [7, 11) is 1.52. The molecule has 0 saturated heterocycles. The smallest absolute Gasteiger partial charge is 0.300 e. The molecule has 1 aliphatic rings. The maximum Gasteiger partial charge on any atom is 0.300 e. The van der Waals surface area contributed by atoms with Gasteiger partial charge < -0.3 is 9.30 Å². The lowest BCUT2D eigenvalue weighted by molar-refractivity contribution is -0.383. The van der Waals surface area contributed by atoms with Gasteiger partial charge in [0, 0.05) is 12.1 Å². The molecular weight excluding hydrogens is 246 g/mol. The molecule has 0 radical (unpaired) electrons. The third-order valence-corrected chi connectivity index (χ3v) is 3.78. The van der Waals surface area contributed by atoms with Gasteiger partial charge in [0.05, 0.1) is 29.9 Å². The standard InChI is InChI=1S/C13H15N3O3/c1-19-10-6-11-13(12(7-10)16(17)18)14-8-15(11)9-4-2-3-5-9/h6-9H,2-5H2,1H3. The number of ether oxygens (including phenoxy) is 1. The predicted octanol–water partition coefficient (Wildman–Crippen LogP) is 3.07. The first-order valence-electron chi connectivity index (χ1n) is 6.39. The monoisotopic (exact) mass is 261 g/mol. The molecule has 3 rings (SSSR count). The van der Waals surface area contributed by atoms with Crippen LogP contribution >= 0.6 is 0 Å². The zero-order chi connectivity index (χ0) is 13.4. The van der Waals surface area contributed by atoms with Crippen LogP contribution in [0.25, 0.3) is 11.0 Å². The third-order valence-electron chi connectivity index (χ3n) is 3.78. The number of nitro benzene ring substituents is 1. The number of benzene rings is 1. The van der Waals surface area contributed by atoms with Gasteiger partial charge in [0.2, 0.25) is 0 Å². The zero-order valence-electron chi connectivity index (χ0n) is 10.7. The number of fused-ring (bicyclic) bond motifs is 1. The Labute approximate surface area is 110 Å². The van der Waals surface area contributed by atoms with Crippen LogP contribution in [0.4, 0.5) is 5.69 Å². The third kappa shape index (κ3) is 1.93. The molecule has 0 bridgehead atoms. The SMILES string of the molecule is COc1cc([N+](=O)[O-])c2ncn(C3CCCC3)c2c1. The van der Waals surface area contributed by atoms with Gasteiger partial charge in [-0.15, -0.1) is 0 Å². The summed E-state index contributed by atoms with van der Waals surface area (Å²) in [6.07, 6.45) is 6.34. The molecular formula is C13H15N3O3. The molecule has 1 aromatic carbocycles. The van der Waals surface area contributed by atoms with E-state index in [9.17, 15) is 10.1 Å². The quantitative estimate of drug-likeness (QED) is 0.629. The molecule has 0 amide bonds. The lowest BCUT2D eigenvalue weighted by atomic mass is 10.2. The molecule has 0 N–H and O–H groups in total. The highest BCUT2D eigenvalue weighted by molar-refractivity contribution is 5.86. The number of nitro groups is 1. The fraction of sp³-hybridized carbons (Fsp3) is 0.462. The molecule has 1 aromatic heterocycles. The average Bonchev–Trinajstić information content (AvgIpc) is 3.05. The van der Waals surface area contributed by atoms with Crippen molar-refractivity contribution in [3.8, 4) is 5.75 Å². The van der Waals surface area contributed by atoms with Crippen molar-refractivity contribution in [1.29, 1.82) is 0 Å². The molecule has 0 unspecified atom stereocenters. The van der Waals surface area contributed by atoms with Crippen LogP contribution in [-0.2, 0) is 0 Å². The minimum absolute atomic E-state index is 0.00565. The highest BCUT2D eigenvalue weighted by Gasteiger charge is 2.23. The summed E-state index contributed by atoms with van der Waals surface area (Å²) in [6, 6.07) is 3.65. The Kier molecular flexibility index (Phi) is 2.85. The summed E-state index contributed by atoms with van der Waals surface area (Å²) in [5.41, 5.74) is 1.24. The van der Waals surface area contributed by atoms with E-state index in [1.54, 1.807) is 6.33 Å². The van der Waals surface area contributed by atoms with Crippen molar-refractivity contribution < 1.29 is 9.66 Å². The fourth-order valence-corrected chi connectivity index (χ4v) is 2.82. The minimum atomic E-state index is -0.406. The Hall–Kier alpha value is -2.11. The molecule has 6 heteroatoms. The van der Waals surface area contributed by atoms with Crippen molar-refractivity contribution in [3.05, 3.63) is 28.6 Å². The van der Waals surface area contributed by atoms with E-state index in [1.165, 1.54) is 26.0 Å². The van der Waals surface area contributed by atoms with Gasteiger partial charge in [-0.05, 0) is 12.8 Å². The number of non-ortho nitro benzene ring substituents is 1.